The average molecular weight is 271 g/mol. The van der Waals surface area contributed by atoms with Gasteiger partial charge in [0.25, 0.3) is 0 Å². The van der Waals surface area contributed by atoms with E-state index in [9.17, 15) is 0 Å². The van der Waals surface area contributed by atoms with Crippen LogP contribution in [-0.2, 0) is 13.0 Å². The van der Waals surface area contributed by atoms with Crippen LogP contribution >= 0.6 is 0 Å². The highest BCUT2D eigenvalue weighted by Crippen LogP contribution is 2.39. The summed E-state index contributed by atoms with van der Waals surface area (Å²) in [5.41, 5.74) is 8.50. The van der Waals surface area contributed by atoms with Crippen molar-refractivity contribution in [3.8, 4) is 5.75 Å². The number of benzene rings is 1. The second kappa shape index (κ2) is 4.59. The van der Waals surface area contributed by atoms with Gasteiger partial charge in [-0.3, -0.25) is 0 Å². The van der Waals surface area contributed by atoms with Gasteiger partial charge >= 0.3 is 0 Å². The lowest BCUT2D eigenvalue weighted by Crippen LogP contribution is -2.05. The molecule has 20 heavy (non-hydrogen) atoms. The highest BCUT2D eigenvalue weighted by Gasteiger charge is 2.29. The molecule has 1 heterocycles. The van der Waals surface area contributed by atoms with Gasteiger partial charge in [0.15, 0.2) is 6.61 Å². The number of fused-ring (bicyclic) bond motifs is 1. The molecular formula is C15H17N3O2. The minimum absolute atomic E-state index is 0.139. The maximum Gasteiger partial charge on any atom is 0.229 e. The molecular weight excluding hydrogens is 254 g/mol. The van der Waals surface area contributed by atoms with Gasteiger partial charge in [-0.05, 0) is 42.9 Å². The molecule has 0 amide bonds. The van der Waals surface area contributed by atoms with Crippen molar-refractivity contribution in [2.75, 3.05) is 0 Å². The van der Waals surface area contributed by atoms with Crippen molar-refractivity contribution < 1.29 is 9.26 Å². The van der Waals surface area contributed by atoms with E-state index in [1.54, 1.807) is 0 Å². The highest BCUT2D eigenvalue weighted by molar-refractivity contribution is 5.44. The lowest BCUT2D eigenvalue weighted by molar-refractivity contribution is 0.283. The molecule has 1 aromatic carbocycles. The maximum absolute atomic E-state index is 6.07. The van der Waals surface area contributed by atoms with Gasteiger partial charge in [0, 0.05) is 12.0 Å². The quantitative estimate of drug-likeness (QED) is 0.924. The summed E-state index contributed by atoms with van der Waals surface area (Å²) in [6, 6.07) is 6.20. The van der Waals surface area contributed by atoms with E-state index in [-0.39, 0.29) is 6.04 Å². The molecule has 0 bridgehead atoms. The minimum Gasteiger partial charge on any atom is -0.485 e. The highest BCUT2D eigenvalue weighted by atomic mass is 16.5. The van der Waals surface area contributed by atoms with Gasteiger partial charge in [-0.1, -0.05) is 17.3 Å². The summed E-state index contributed by atoms with van der Waals surface area (Å²) >= 11 is 0. The molecule has 0 saturated heterocycles. The summed E-state index contributed by atoms with van der Waals surface area (Å²) in [4.78, 5) is 4.37. The zero-order valence-electron chi connectivity index (χ0n) is 11.2. The molecule has 2 aliphatic carbocycles. The van der Waals surface area contributed by atoms with Crippen molar-refractivity contribution in [3.63, 3.8) is 0 Å². The molecule has 2 N–H and O–H groups in total. The molecule has 0 radical (unpaired) electrons. The van der Waals surface area contributed by atoms with Crippen LogP contribution in [0.5, 0.6) is 5.75 Å². The van der Waals surface area contributed by atoms with E-state index in [0.29, 0.717) is 18.3 Å². The van der Waals surface area contributed by atoms with E-state index in [0.717, 1.165) is 37.3 Å². The first-order valence-corrected chi connectivity index (χ1v) is 7.14. The van der Waals surface area contributed by atoms with Gasteiger partial charge in [0.05, 0.1) is 0 Å². The number of aromatic nitrogens is 2. The van der Waals surface area contributed by atoms with Crippen molar-refractivity contribution in [2.24, 2.45) is 5.73 Å². The third kappa shape index (κ3) is 2.08. The number of nitrogens with zero attached hydrogens (tertiary/aromatic N) is 2. The number of rotatable bonds is 4. The monoisotopic (exact) mass is 271 g/mol. The number of nitrogens with two attached hydrogens (primary N) is 1. The van der Waals surface area contributed by atoms with E-state index in [2.05, 4.69) is 16.2 Å². The number of hydrogen-bond donors (Lipinski definition) is 1. The second-order valence-electron chi connectivity index (χ2n) is 5.58. The van der Waals surface area contributed by atoms with Crippen molar-refractivity contribution in [3.05, 3.63) is 41.0 Å². The molecule has 1 unspecified atom stereocenters. The molecule has 2 aromatic rings. The number of ether oxygens (including phenoxy) is 1. The standard InChI is InChI=1S/C15H17N3O2/c16-12-7-6-11-10(12)2-1-3-13(11)19-8-14-17-15(20-18-14)9-4-5-9/h1-3,9,12H,4-8,16H2. The van der Waals surface area contributed by atoms with Crippen molar-refractivity contribution in [1.29, 1.82) is 0 Å². The summed E-state index contributed by atoms with van der Waals surface area (Å²) in [5, 5.41) is 3.97. The molecule has 1 aromatic heterocycles. The van der Waals surface area contributed by atoms with Gasteiger partial charge in [0.1, 0.15) is 5.75 Å². The fourth-order valence-electron chi connectivity index (χ4n) is 2.75. The SMILES string of the molecule is NC1CCc2c(OCc3noc(C4CC4)n3)cccc21. The van der Waals surface area contributed by atoms with E-state index >= 15 is 0 Å². The Morgan fingerprint density at radius 3 is 3.05 bits per heavy atom. The molecule has 4 rings (SSSR count). The zero-order chi connectivity index (χ0) is 13.5. The Hall–Kier alpha value is -1.88. The fraction of sp³-hybridized carbons (Fsp3) is 0.467. The number of hydrogen-bond acceptors (Lipinski definition) is 5. The first-order chi connectivity index (χ1) is 9.81. The average Bonchev–Trinajstić information content (AvgIpc) is 3.09. The Morgan fingerprint density at radius 1 is 1.30 bits per heavy atom. The van der Waals surface area contributed by atoms with Crippen LogP contribution in [0.25, 0.3) is 0 Å². The Labute approximate surface area is 117 Å². The third-order valence-electron chi connectivity index (χ3n) is 4.04. The van der Waals surface area contributed by atoms with E-state index in [1.165, 1.54) is 11.1 Å². The van der Waals surface area contributed by atoms with Gasteiger partial charge in [0.2, 0.25) is 11.7 Å². The van der Waals surface area contributed by atoms with Crippen LogP contribution in [0.2, 0.25) is 0 Å². The largest absolute Gasteiger partial charge is 0.485 e. The fourth-order valence-corrected chi connectivity index (χ4v) is 2.75. The zero-order valence-corrected chi connectivity index (χ0v) is 11.2. The minimum atomic E-state index is 0.139. The Bertz CT molecular complexity index is 634. The van der Waals surface area contributed by atoms with Gasteiger partial charge in [-0.15, -0.1) is 0 Å². The summed E-state index contributed by atoms with van der Waals surface area (Å²) in [7, 11) is 0. The lowest BCUT2D eigenvalue weighted by Gasteiger charge is -2.10. The van der Waals surface area contributed by atoms with Crippen molar-refractivity contribution in [2.45, 2.75) is 44.2 Å². The molecule has 0 aliphatic heterocycles. The molecule has 5 nitrogen and oxygen atoms in total. The molecule has 1 fully saturated rings. The smallest absolute Gasteiger partial charge is 0.229 e. The first kappa shape index (κ1) is 11.9. The lowest BCUT2D eigenvalue weighted by atomic mass is 10.1. The third-order valence-corrected chi connectivity index (χ3v) is 4.04. The molecule has 104 valence electrons. The van der Waals surface area contributed by atoms with Crippen LogP contribution in [0.1, 0.15) is 54.1 Å². The van der Waals surface area contributed by atoms with Gasteiger partial charge < -0.3 is 15.0 Å². The Balaban J connectivity index is 1.49. The molecule has 1 saturated carbocycles. The molecule has 5 heteroatoms. The molecule has 1 atom stereocenters. The van der Waals surface area contributed by atoms with Crippen LogP contribution in [0.4, 0.5) is 0 Å². The Kier molecular flexibility index (Phi) is 2.73. The summed E-state index contributed by atoms with van der Waals surface area (Å²) in [6.07, 6.45) is 4.29. The van der Waals surface area contributed by atoms with Crippen LogP contribution in [0.3, 0.4) is 0 Å². The van der Waals surface area contributed by atoms with Crippen LogP contribution in [0, 0.1) is 0 Å². The molecule has 2 aliphatic rings. The van der Waals surface area contributed by atoms with Crippen LogP contribution < -0.4 is 10.5 Å². The second-order valence-corrected chi connectivity index (χ2v) is 5.58. The van der Waals surface area contributed by atoms with Crippen LogP contribution in [0.15, 0.2) is 22.7 Å². The Morgan fingerprint density at radius 2 is 2.20 bits per heavy atom. The van der Waals surface area contributed by atoms with Gasteiger partial charge in [-0.25, -0.2) is 0 Å². The normalized spacial score (nSPS) is 20.9. The van der Waals surface area contributed by atoms with E-state index in [4.69, 9.17) is 15.0 Å². The van der Waals surface area contributed by atoms with Crippen molar-refractivity contribution in [1.82, 2.24) is 10.1 Å². The van der Waals surface area contributed by atoms with E-state index < -0.39 is 0 Å². The predicted molar refractivity (Wildman–Crippen MR) is 72.3 cm³/mol. The summed E-state index contributed by atoms with van der Waals surface area (Å²) < 4.78 is 11.1. The summed E-state index contributed by atoms with van der Waals surface area (Å²) in [6.45, 7) is 0.349. The van der Waals surface area contributed by atoms with Crippen LogP contribution in [-0.4, -0.2) is 10.1 Å². The first-order valence-electron chi connectivity index (χ1n) is 7.14. The summed E-state index contributed by atoms with van der Waals surface area (Å²) in [5.74, 6) is 2.75. The van der Waals surface area contributed by atoms with Gasteiger partial charge in [-0.2, -0.15) is 4.98 Å². The maximum atomic E-state index is 6.07. The topological polar surface area (TPSA) is 74.2 Å². The van der Waals surface area contributed by atoms with Crippen molar-refractivity contribution >= 4 is 0 Å². The molecule has 0 spiro atoms. The predicted octanol–water partition coefficient (Wildman–Crippen LogP) is 2.47. The van der Waals surface area contributed by atoms with E-state index in [1.807, 2.05) is 12.1 Å².